The van der Waals surface area contributed by atoms with Crippen molar-refractivity contribution in [1.82, 2.24) is 9.97 Å². The van der Waals surface area contributed by atoms with Crippen LogP contribution in [0.1, 0.15) is 5.69 Å². The zero-order chi connectivity index (χ0) is 9.10. The fourth-order valence-electron chi connectivity index (χ4n) is 0.932. The molecule has 0 atom stereocenters. The van der Waals surface area contributed by atoms with Crippen molar-refractivity contribution >= 4 is 0 Å². The van der Waals surface area contributed by atoms with E-state index in [1.807, 2.05) is 12.1 Å². The number of hydrogen-bond donors (Lipinski definition) is 0. The average Bonchev–Trinajstić information content (AvgIpc) is 2.67. The van der Waals surface area contributed by atoms with Crippen molar-refractivity contribution < 1.29 is 4.42 Å². The Kier molecular flexibility index (Phi) is 1.77. The van der Waals surface area contributed by atoms with Gasteiger partial charge in [-0.25, -0.2) is 0 Å². The molecule has 2 heterocycles. The van der Waals surface area contributed by atoms with Gasteiger partial charge < -0.3 is 4.42 Å². The second-order valence-corrected chi connectivity index (χ2v) is 2.36. The minimum atomic E-state index is 0.264. The standard InChI is InChI=1S/C9H5N3O/c10-5-7-6-13-9(12-7)8-3-1-2-4-11-8/h1-4,6H. The SMILES string of the molecule is N#Cc1coc(-c2ccccn2)n1. The second-order valence-electron chi connectivity index (χ2n) is 2.36. The summed E-state index contributed by atoms with van der Waals surface area (Å²) < 4.78 is 5.05. The lowest BCUT2D eigenvalue weighted by atomic mass is 10.3. The van der Waals surface area contributed by atoms with Gasteiger partial charge in [0.25, 0.3) is 0 Å². The predicted octanol–water partition coefficient (Wildman–Crippen LogP) is 1.61. The summed E-state index contributed by atoms with van der Waals surface area (Å²) in [6.45, 7) is 0. The summed E-state index contributed by atoms with van der Waals surface area (Å²) in [6.07, 6.45) is 2.95. The molecule has 0 unspecified atom stereocenters. The summed E-state index contributed by atoms with van der Waals surface area (Å²) in [7, 11) is 0. The second kappa shape index (κ2) is 3.07. The highest BCUT2D eigenvalue weighted by atomic mass is 16.3. The minimum absolute atomic E-state index is 0.264. The molecule has 2 aromatic rings. The van der Waals surface area contributed by atoms with Crippen molar-refractivity contribution in [2.45, 2.75) is 0 Å². The summed E-state index contributed by atoms with van der Waals surface area (Å²) in [5, 5.41) is 8.50. The maximum Gasteiger partial charge on any atom is 0.246 e. The van der Waals surface area contributed by atoms with Gasteiger partial charge in [-0.1, -0.05) is 6.07 Å². The van der Waals surface area contributed by atoms with Crippen molar-refractivity contribution in [3.8, 4) is 17.7 Å². The van der Waals surface area contributed by atoms with Crippen LogP contribution in [0.15, 0.2) is 35.1 Å². The molecule has 0 saturated carbocycles. The van der Waals surface area contributed by atoms with Crippen LogP contribution < -0.4 is 0 Å². The fraction of sp³-hybridized carbons (Fsp3) is 0. The van der Waals surface area contributed by atoms with Gasteiger partial charge in [-0.05, 0) is 12.1 Å². The normalized spacial score (nSPS) is 9.46. The smallest absolute Gasteiger partial charge is 0.246 e. The highest BCUT2D eigenvalue weighted by Crippen LogP contribution is 2.14. The van der Waals surface area contributed by atoms with Gasteiger partial charge in [0.05, 0.1) is 0 Å². The lowest BCUT2D eigenvalue weighted by molar-refractivity contribution is 0.571. The Balaban J connectivity index is 2.43. The zero-order valence-electron chi connectivity index (χ0n) is 6.64. The van der Waals surface area contributed by atoms with E-state index in [4.69, 9.17) is 9.68 Å². The number of aromatic nitrogens is 2. The fourth-order valence-corrected chi connectivity index (χ4v) is 0.932. The van der Waals surface area contributed by atoms with E-state index in [1.54, 1.807) is 18.3 Å². The van der Waals surface area contributed by atoms with Crippen LogP contribution in [0.5, 0.6) is 0 Å². The molecular weight excluding hydrogens is 166 g/mol. The number of pyridine rings is 1. The van der Waals surface area contributed by atoms with Crippen LogP contribution in [-0.4, -0.2) is 9.97 Å². The number of rotatable bonds is 1. The molecule has 0 spiro atoms. The number of nitrogens with zero attached hydrogens (tertiary/aromatic N) is 3. The molecule has 2 rings (SSSR count). The van der Waals surface area contributed by atoms with Gasteiger partial charge in [-0.3, -0.25) is 4.98 Å². The van der Waals surface area contributed by atoms with Gasteiger partial charge in [0.15, 0.2) is 5.69 Å². The number of oxazole rings is 1. The van der Waals surface area contributed by atoms with Crippen molar-refractivity contribution in [3.05, 3.63) is 36.4 Å². The summed E-state index contributed by atoms with van der Waals surface area (Å²) >= 11 is 0. The first kappa shape index (κ1) is 7.50. The molecule has 0 aromatic carbocycles. The third-order valence-electron chi connectivity index (χ3n) is 1.50. The van der Waals surface area contributed by atoms with Crippen LogP contribution in [-0.2, 0) is 0 Å². The number of nitriles is 1. The molecule has 2 aromatic heterocycles. The monoisotopic (exact) mass is 171 g/mol. The van der Waals surface area contributed by atoms with E-state index in [9.17, 15) is 0 Å². The van der Waals surface area contributed by atoms with E-state index in [2.05, 4.69) is 9.97 Å². The molecule has 0 aliphatic carbocycles. The summed E-state index contributed by atoms with van der Waals surface area (Å²) in [4.78, 5) is 7.94. The Morgan fingerprint density at radius 3 is 2.92 bits per heavy atom. The van der Waals surface area contributed by atoms with Gasteiger partial charge in [0.1, 0.15) is 18.0 Å². The van der Waals surface area contributed by atoms with E-state index in [1.165, 1.54) is 6.26 Å². The molecule has 62 valence electrons. The molecule has 4 nitrogen and oxygen atoms in total. The lowest BCUT2D eigenvalue weighted by Crippen LogP contribution is -1.81. The van der Waals surface area contributed by atoms with Gasteiger partial charge in [-0.2, -0.15) is 10.2 Å². The molecule has 0 aliphatic heterocycles. The maximum absolute atomic E-state index is 8.50. The molecule has 0 amide bonds. The van der Waals surface area contributed by atoms with Crippen molar-refractivity contribution in [1.29, 1.82) is 5.26 Å². The highest BCUT2D eigenvalue weighted by Gasteiger charge is 2.05. The summed E-state index contributed by atoms with van der Waals surface area (Å²) in [5.74, 6) is 0.372. The van der Waals surface area contributed by atoms with Gasteiger partial charge in [0.2, 0.25) is 5.89 Å². The van der Waals surface area contributed by atoms with Crippen LogP contribution in [0, 0.1) is 11.3 Å². The molecular formula is C9H5N3O. The molecule has 0 fully saturated rings. The van der Waals surface area contributed by atoms with Crippen molar-refractivity contribution in [2.75, 3.05) is 0 Å². The summed E-state index contributed by atoms with van der Waals surface area (Å²) in [5.41, 5.74) is 0.893. The van der Waals surface area contributed by atoms with E-state index in [-0.39, 0.29) is 5.69 Å². The molecule has 4 heteroatoms. The minimum Gasteiger partial charge on any atom is -0.442 e. The van der Waals surface area contributed by atoms with E-state index in [0.717, 1.165) is 0 Å². The van der Waals surface area contributed by atoms with Gasteiger partial charge in [-0.15, -0.1) is 0 Å². The van der Waals surface area contributed by atoms with Crippen LogP contribution in [0.25, 0.3) is 11.6 Å². The Bertz CT molecular complexity index is 441. The molecule has 0 N–H and O–H groups in total. The predicted molar refractivity (Wildman–Crippen MR) is 44.4 cm³/mol. The molecule has 0 aliphatic rings. The average molecular weight is 171 g/mol. The van der Waals surface area contributed by atoms with Crippen LogP contribution in [0.4, 0.5) is 0 Å². The van der Waals surface area contributed by atoms with Crippen molar-refractivity contribution in [2.24, 2.45) is 0 Å². The molecule has 0 radical (unpaired) electrons. The Morgan fingerprint density at radius 2 is 2.31 bits per heavy atom. The Labute approximate surface area is 74.5 Å². The molecule has 0 saturated heterocycles. The van der Waals surface area contributed by atoms with E-state index >= 15 is 0 Å². The first-order valence-corrected chi connectivity index (χ1v) is 3.67. The molecule has 13 heavy (non-hydrogen) atoms. The molecule has 0 bridgehead atoms. The topological polar surface area (TPSA) is 62.7 Å². The first-order valence-electron chi connectivity index (χ1n) is 3.67. The van der Waals surface area contributed by atoms with Crippen LogP contribution in [0.2, 0.25) is 0 Å². The van der Waals surface area contributed by atoms with Crippen LogP contribution in [0.3, 0.4) is 0 Å². The highest BCUT2D eigenvalue weighted by molar-refractivity contribution is 5.46. The van der Waals surface area contributed by atoms with E-state index in [0.29, 0.717) is 11.6 Å². The quantitative estimate of drug-likeness (QED) is 0.653. The van der Waals surface area contributed by atoms with E-state index < -0.39 is 0 Å². The van der Waals surface area contributed by atoms with Crippen molar-refractivity contribution in [3.63, 3.8) is 0 Å². The zero-order valence-corrected chi connectivity index (χ0v) is 6.64. The summed E-state index contributed by atoms with van der Waals surface area (Å²) in [6, 6.07) is 7.29. The largest absolute Gasteiger partial charge is 0.442 e. The lowest BCUT2D eigenvalue weighted by Gasteiger charge is -1.90. The third-order valence-corrected chi connectivity index (χ3v) is 1.50. The Morgan fingerprint density at radius 1 is 1.38 bits per heavy atom. The number of hydrogen-bond acceptors (Lipinski definition) is 4. The first-order chi connectivity index (χ1) is 6.40. The van der Waals surface area contributed by atoms with Gasteiger partial charge >= 0.3 is 0 Å². The van der Waals surface area contributed by atoms with Crippen LogP contribution >= 0.6 is 0 Å². The maximum atomic E-state index is 8.50. The van der Waals surface area contributed by atoms with Gasteiger partial charge in [0, 0.05) is 6.20 Å². The third kappa shape index (κ3) is 1.40. The Hall–Kier alpha value is -2.15.